The van der Waals surface area contributed by atoms with Gasteiger partial charge in [-0.25, -0.2) is 0 Å². The molecule has 0 amide bonds. The molecule has 0 aromatic rings. The van der Waals surface area contributed by atoms with Gasteiger partial charge in [0.1, 0.15) is 0 Å². The zero-order valence-electron chi connectivity index (χ0n) is 11.2. The first-order valence-electron chi connectivity index (χ1n) is 7.38. The number of hydrogen-bond acceptors (Lipinski definition) is 3. The molecule has 0 spiro atoms. The van der Waals surface area contributed by atoms with Crippen LogP contribution in [0.25, 0.3) is 0 Å². The lowest BCUT2D eigenvalue weighted by atomic mass is 10.2. The number of aliphatic hydroxyl groups is 1. The third-order valence-corrected chi connectivity index (χ3v) is 3.81. The van der Waals surface area contributed by atoms with Crippen LogP contribution in [0.3, 0.4) is 0 Å². The lowest BCUT2D eigenvalue weighted by molar-refractivity contribution is 0.173. The second-order valence-electron chi connectivity index (χ2n) is 5.94. The Morgan fingerprint density at radius 2 is 1.76 bits per heavy atom. The van der Waals surface area contributed by atoms with Gasteiger partial charge in [0, 0.05) is 25.7 Å². The highest BCUT2D eigenvalue weighted by Crippen LogP contribution is 2.33. The number of aliphatic hydroxyl groups excluding tert-OH is 1. The molecule has 0 aliphatic heterocycles. The Morgan fingerprint density at radius 1 is 1.18 bits per heavy atom. The second kappa shape index (κ2) is 6.72. The van der Waals surface area contributed by atoms with Crippen LogP contribution in [0.1, 0.15) is 39.0 Å². The third-order valence-electron chi connectivity index (χ3n) is 3.81. The second-order valence-corrected chi connectivity index (χ2v) is 5.94. The fraction of sp³-hybridized carbons (Fsp3) is 1.00. The lowest BCUT2D eigenvalue weighted by Crippen LogP contribution is -2.45. The first-order valence-corrected chi connectivity index (χ1v) is 7.38. The topological polar surface area (TPSA) is 35.5 Å². The summed E-state index contributed by atoms with van der Waals surface area (Å²) < 4.78 is 0. The number of nitrogens with one attached hydrogen (secondary N) is 1. The van der Waals surface area contributed by atoms with Gasteiger partial charge < -0.3 is 15.3 Å². The van der Waals surface area contributed by atoms with E-state index in [9.17, 15) is 5.11 Å². The molecule has 1 unspecified atom stereocenters. The molecule has 2 aliphatic rings. The monoisotopic (exact) mass is 240 g/mol. The minimum atomic E-state index is 0.270. The Hall–Kier alpha value is -0.120. The standard InChI is InChI=1S/C14H28N2O/c1-2-7-15-14(11-17)10-16(8-12-3-4-12)9-13-5-6-13/h12-15,17H,2-11H2,1H3. The molecular formula is C14H28N2O. The summed E-state index contributed by atoms with van der Waals surface area (Å²) in [4.78, 5) is 2.60. The molecular weight excluding hydrogens is 212 g/mol. The molecule has 0 aromatic carbocycles. The Kier molecular flexibility index (Phi) is 5.26. The molecule has 0 radical (unpaired) electrons. The van der Waals surface area contributed by atoms with Crippen molar-refractivity contribution < 1.29 is 5.11 Å². The first kappa shape index (κ1) is 13.3. The van der Waals surface area contributed by atoms with E-state index < -0.39 is 0 Å². The van der Waals surface area contributed by atoms with Crippen LogP contribution in [0.4, 0.5) is 0 Å². The first-order chi connectivity index (χ1) is 8.31. The Morgan fingerprint density at radius 3 is 2.18 bits per heavy atom. The summed E-state index contributed by atoms with van der Waals surface area (Å²) in [5.74, 6) is 1.92. The maximum atomic E-state index is 9.41. The normalized spacial score (nSPS) is 22.1. The highest BCUT2D eigenvalue weighted by atomic mass is 16.3. The summed E-state index contributed by atoms with van der Waals surface area (Å²) in [6.45, 7) is 7.02. The van der Waals surface area contributed by atoms with Crippen molar-refractivity contribution in [1.82, 2.24) is 10.2 Å². The van der Waals surface area contributed by atoms with Gasteiger partial charge in [0.05, 0.1) is 6.61 Å². The van der Waals surface area contributed by atoms with E-state index in [2.05, 4.69) is 17.1 Å². The molecule has 2 aliphatic carbocycles. The summed E-state index contributed by atoms with van der Waals surface area (Å²) in [5, 5.41) is 12.9. The van der Waals surface area contributed by atoms with Crippen LogP contribution in [-0.2, 0) is 0 Å². The van der Waals surface area contributed by atoms with Gasteiger partial charge in [0.15, 0.2) is 0 Å². The minimum Gasteiger partial charge on any atom is -0.395 e. The highest BCUT2D eigenvalue weighted by molar-refractivity contribution is 4.84. The fourth-order valence-electron chi connectivity index (χ4n) is 2.40. The zero-order valence-corrected chi connectivity index (χ0v) is 11.2. The Bertz CT molecular complexity index is 200. The molecule has 17 heavy (non-hydrogen) atoms. The lowest BCUT2D eigenvalue weighted by Gasteiger charge is -2.27. The van der Waals surface area contributed by atoms with E-state index >= 15 is 0 Å². The van der Waals surface area contributed by atoms with Crippen LogP contribution in [0.5, 0.6) is 0 Å². The molecule has 3 heteroatoms. The average Bonchev–Trinajstić information content (AvgIpc) is 3.19. The van der Waals surface area contributed by atoms with Gasteiger partial charge in [-0.05, 0) is 50.5 Å². The van der Waals surface area contributed by atoms with Crippen molar-refractivity contribution in [1.29, 1.82) is 0 Å². The van der Waals surface area contributed by atoms with Crippen molar-refractivity contribution in [2.75, 3.05) is 32.8 Å². The molecule has 2 N–H and O–H groups in total. The van der Waals surface area contributed by atoms with Gasteiger partial charge in [-0.1, -0.05) is 6.92 Å². The molecule has 2 rings (SSSR count). The summed E-state index contributed by atoms with van der Waals surface area (Å²) in [6.07, 6.45) is 6.84. The van der Waals surface area contributed by atoms with Gasteiger partial charge in [0.25, 0.3) is 0 Å². The number of hydrogen-bond donors (Lipinski definition) is 2. The summed E-state index contributed by atoms with van der Waals surface area (Å²) in [5.41, 5.74) is 0. The van der Waals surface area contributed by atoms with Crippen LogP contribution in [0.15, 0.2) is 0 Å². The van der Waals surface area contributed by atoms with Gasteiger partial charge >= 0.3 is 0 Å². The maximum Gasteiger partial charge on any atom is 0.0597 e. The molecule has 2 saturated carbocycles. The van der Waals surface area contributed by atoms with Crippen LogP contribution < -0.4 is 5.32 Å². The predicted octanol–water partition coefficient (Wildman–Crippen LogP) is 1.47. The van der Waals surface area contributed by atoms with Crippen molar-refractivity contribution >= 4 is 0 Å². The maximum absolute atomic E-state index is 9.41. The number of nitrogens with zero attached hydrogens (tertiary/aromatic N) is 1. The van der Waals surface area contributed by atoms with Crippen LogP contribution in [0.2, 0.25) is 0 Å². The van der Waals surface area contributed by atoms with E-state index in [-0.39, 0.29) is 12.6 Å². The van der Waals surface area contributed by atoms with Crippen molar-refractivity contribution in [2.45, 2.75) is 45.1 Å². The smallest absolute Gasteiger partial charge is 0.0597 e. The van der Waals surface area contributed by atoms with E-state index in [1.54, 1.807) is 0 Å². The van der Waals surface area contributed by atoms with Gasteiger partial charge in [-0.2, -0.15) is 0 Å². The van der Waals surface area contributed by atoms with Crippen molar-refractivity contribution in [2.24, 2.45) is 11.8 Å². The molecule has 3 nitrogen and oxygen atoms in total. The fourth-order valence-corrected chi connectivity index (χ4v) is 2.40. The largest absolute Gasteiger partial charge is 0.395 e. The summed E-state index contributed by atoms with van der Waals surface area (Å²) >= 11 is 0. The van der Waals surface area contributed by atoms with E-state index in [0.29, 0.717) is 0 Å². The molecule has 0 bridgehead atoms. The SMILES string of the molecule is CCCNC(CO)CN(CC1CC1)CC1CC1. The molecule has 1 atom stereocenters. The molecule has 100 valence electrons. The van der Waals surface area contributed by atoms with Crippen molar-refractivity contribution in [3.8, 4) is 0 Å². The highest BCUT2D eigenvalue weighted by Gasteiger charge is 2.29. The predicted molar refractivity (Wildman–Crippen MR) is 71.1 cm³/mol. The van der Waals surface area contributed by atoms with Crippen molar-refractivity contribution in [3.05, 3.63) is 0 Å². The molecule has 0 aromatic heterocycles. The zero-order chi connectivity index (χ0) is 12.1. The Labute approximate surface area is 106 Å². The van der Waals surface area contributed by atoms with Crippen LogP contribution >= 0.6 is 0 Å². The van der Waals surface area contributed by atoms with E-state index in [4.69, 9.17) is 0 Å². The molecule has 2 fully saturated rings. The van der Waals surface area contributed by atoms with Crippen LogP contribution in [0, 0.1) is 11.8 Å². The quantitative estimate of drug-likeness (QED) is 0.607. The molecule has 0 saturated heterocycles. The van der Waals surface area contributed by atoms with E-state index in [1.165, 1.54) is 38.8 Å². The summed E-state index contributed by atoms with van der Waals surface area (Å²) in [6, 6.07) is 0.271. The Balaban J connectivity index is 1.71. The van der Waals surface area contributed by atoms with Gasteiger partial charge in [-0.15, -0.1) is 0 Å². The number of rotatable bonds is 10. The van der Waals surface area contributed by atoms with Crippen LogP contribution in [-0.4, -0.2) is 48.8 Å². The molecule has 0 heterocycles. The third kappa shape index (κ3) is 5.36. The van der Waals surface area contributed by atoms with E-state index in [0.717, 1.165) is 31.3 Å². The summed E-state index contributed by atoms with van der Waals surface area (Å²) in [7, 11) is 0. The van der Waals surface area contributed by atoms with Crippen molar-refractivity contribution in [3.63, 3.8) is 0 Å². The van der Waals surface area contributed by atoms with E-state index in [1.807, 2.05) is 0 Å². The van der Waals surface area contributed by atoms with Gasteiger partial charge in [0.2, 0.25) is 0 Å². The average molecular weight is 240 g/mol. The van der Waals surface area contributed by atoms with Gasteiger partial charge in [-0.3, -0.25) is 0 Å². The minimum absolute atomic E-state index is 0.270.